The molecule has 0 amide bonds. The number of aromatic nitrogens is 1. The first-order valence-electron chi connectivity index (χ1n) is 7.28. The van der Waals surface area contributed by atoms with E-state index in [9.17, 15) is 5.26 Å². The fourth-order valence-electron chi connectivity index (χ4n) is 4.23. The average Bonchev–Trinajstić information content (AvgIpc) is 2.86. The van der Waals surface area contributed by atoms with E-state index < -0.39 is 0 Å². The molecule has 106 valence electrons. The van der Waals surface area contributed by atoms with Crippen molar-refractivity contribution in [3.8, 4) is 11.9 Å². The third kappa shape index (κ3) is 1.55. The van der Waals surface area contributed by atoms with Crippen LogP contribution in [0.1, 0.15) is 24.6 Å². The maximum Gasteiger partial charge on any atom is 0.213 e. The van der Waals surface area contributed by atoms with E-state index in [4.69, 9.17) is 4.74 Å². The molecule has 2 bridgehead atoms. The largest absolute Gasteiger partial charge is 0.481 e. The summed E-state index contributed by atoms with van der Waals surface area (Å²) in [5.41, 5.74) is 5.66. The number of pyridine rings is 1. The first-order chi connectivity index (χ1) is 10.2. The monoisotopic (exact) mass is 279 g/mol. The topological polar surface area (TPSA) is 57.9 Å². The predicted octanol–water partition coefficient (Wildman–Crippen LogP) is 2.23. The molecule has 21 heavy (non-hydrogen) atoms. The van der Waals surface area contributed by atoms with Gasteiger partial charge < -0.3 is 4.74 Å². The molecule has 0 fully saturated rings. The third-order valence-electron chi connectivity index (χ3n) is 4.92. The zero-order valence-electron chi connectivity index (χ0n) is 12.2. The molecule has 3 aliphatic rings. The quantitative estimate of drug-likeness (QED) is 0.801. The molecule has 4 nitrogen and oxygen atoms in total. The Balaban J connectivity index is 1.98. The smallest absolute Gasteiger partial charge is 0.213 e. The van der Waals surface area contributed by atoms with Crippen LogP contribution in [0.2, 0.25) is 0 Å². The van der Waals surface area contributed by atoms with Crippen LogP contribution in [-0.4, -0.2) is 18.6 Å². The number of ether oxygens (including phenoxy) is 1. The molecule has 0 saturated carbocycles. The number of methoxy groups -OCH3 is 1. The third-order valence-corrected chi connectivity index (χ3v) is 4.92. The molecule has 4 rings (SSSR count). The Labute approximate surface area is 124 Å². The van der Waals surface area contributed by atoms with Gasteiger partial charge in [0.2, 0.25) is 5.88 Å². The molecule has 1 aromatic rings. The van der Waals surface area contributed by atoms with Crippen molar-refractivity contribution in [2.45, 2.75) is 25.3 Å². The van der Waals surface area contributed by atoms with Gasteiger partial charge >= 0.3 is 0 Å². The minimum atomic E-state index is -0.221. The van der Waals surface area contributed by atoms with Crippen molar-refractivity contribution in [3.05, 3.63) is 46.2 Å². The maximum atomic E-state index is 9.45. The van der Waals surface area contributed by atoms with Crippen molar-refractivity contribution in [2.75, 3.05) is 13.7 Å². The van der Waals surface area contributed by atoms with E-state index in [-0.39, 0.29) is 11.5 Å². The van der Waals surface area contributed by atoms with E-state index in [2.05, 4.69) is 35.4 Å². The summed E-state index contributed by atoms with van der Waals surface area (Å²) in [4.78, 5) is 4.65. The zero-order chi connectivity index (χ0) is 14.6. The lowest BCUT2D eigenvalue weighted by Crippen LogP contribution is -2.47. The van der Waals surface area contributed by atoms with Crippen molar-refractivity contribution < 1.29 is 4.74 Å². The summed E-state index contributed by atoms with van der Waals surface area (Å²) < 4.78 is 5.26. The van der Waals surface area contributed by atoms with Gasteiger partial charge in [-0.1, -0.05) is 11.6 Å². The van der Waals surface area contributed by atoms with Crippen LogP contribution in [0.15, 0.2) is 34.9 Å². The molecule has 0 radical (unpaired) electrons. The van der Waals surface area contributed by atoms with Crippen LogP contribution in [0.3, 0.4) is 0 Å². The van der Waals surface area contributed by atoms with Crippen LogP contribution < -0.4 is 10.1 Å². The summed E-state index contributed by atoms with van der Waals surface area (Å²) in [5.74, 6) is 0.949. The fourth-order valence-corrected chi connectivity index (χ4v) is 4.23. The molecular weight excluding hydrogens is 262 g/mol. The molecule has 1 N–H and O–H groups in total. The Morgan fingerprint density at radius 3 is 3.10 bits per heavy atom. The maximum absolute atomic E-state index is 9.45. The molecule has 0 saturated heterocycles. The first-order valence-corrected chi connectivity index (χ1v) is 7.28. The van der Waals surface area contributed by atoms with E-state index >= 15 is 0 Å². The molecule has 1 aliphatic heterocycles. The summed E-state index contributed by atoms with van der Waals surface area (Å²) in [6, 6.07) is 6.43. The lowest BCUT2D eigenvalue weighted by atomic mass is 9.63. The van der Waals surface area contributed by atoms with Gasteiger partial charge in [-0.2, -0.15) is 5.26 Å². The SMILES string of the molecule is COc1ccc2c(n1)C[C@@H]1C=C(C)C[C@]23NCC(C#N)=C13. The fraction of sp³-hybridized carbons (Fsp3) is 0.412. The molecule has 2 atom stereocenters. The Morgan fingerprint density at radius 2 is 2.33 bits per heavy atom. The molecule has 0 aromatic carbocycles. The van der Waals surface area contributed by atoms with Gasteiger partial charge in [-0.05, 0) is 30.5 Å². The molecule has 2 heterocycles. The Kier molecular flexibility index (Phi) is 2.51. The van der Waals surface area contributed by atoms with Crippen molar-refractivity contribution in [1.29, 1.82) is 5.26 Å². The Hall–Kier alpha value is -2.12. The summed E-state index contributed by atoms with van der Waals surface area (Å²) in [6.07, 6.45) is 4.08. The zero-order valence-corrected chi connectivity index (χ0v) is 12.2. The van der Waals surface area contributed by atoms with E-state index in [1.165, 1.54) is 16.7 Å². The number of nitrogens with zero attached hydrogens (tertiary/aromatic N) is 2. The Morgan fingerprint density at radius 1 is 1.48 bits per heavy atom. The number of rotatable bonds is 1. The van der Waals surface area contributed by atoms with Gasteiger partial charge in [-0.15, -0.1) is 0 Å². The van der Waals surface area contributed by atoms with Gasteiger partial charge in [-0.25, -0.2) is 4.98 Å². The normalized spacial score (nSPS) is 29.4. The van der Waals surface area contributed by atoms with Crippen molar-refractivity contribution in [2.24, 2.45) is 5.92 Å². The lowest BCUT2D eigenvalue weighted by molar-refractivity contribution is 0.352. The molecule has 0 spiro atoms. The van der Waals surface area contributed by atoms with Gasteiger partial charge in [0.05, 0.1) is 24.4 Å². The van der Waals surface area contributed by atoms with Crippen LogP contribution in [0.5, 0.6) is 5.88 Å². The number of nitriles is 1. The minimum absolute atomic E-state index is 0.221. The van der Waals surface area contributed by atoms with Crippen LogP contribution in [0, 0.1) is 17.2 Å². The molecule has 4 heteroatoms. The highest BCUT2D eigenvalue weighted by Gasteiger charge is 2.51. The number of fused-ring (bicyclic) bond motifs is 1. The highest BCUT2D eigenvalue weighted by Crippen LogP contribution is 2.53. The highest BCUT2D eigenvalue weighted by atomic mass is 16.5. The molecular formula is C17H17N3O. The minimum Gasteiger partial charge on any atom is -0.481 e. The second kappa shape index (κ2) is 4.19. The number of allylic oxidation sites excluding steroid dienone is 1. The van der Waals surface area contributed by atoms with E-state index in [0.717, 1.165) is 24.1 Å². The number of hydrogen-bond acceptors (Lipinski definition) is 4. The molecule has 1 aromatic heterocycles. The number of hydrogen-bond donors (Lipinski definition) is 1. The van der Waals surface area contributed by atoms with Crippen molar-refractivity contribution in [3.63, 3.8) is 0 Å². The van der Waals surface area contributed by atoms with Crippen LogP contribution >= 0.6 is 0 Å². The second-order valence-electron chi connectivity index (χ2n) is 6.11. The van der Waals surface area contributed by atoms with E-state index in [1.54, 1.807) is 7.11 Å². The lowest BCUT2D eigenvalue weighted by Gasteiger charge is -2.45. The van der Waals surface area contributed by atoms with Gasteiger partial charge in [0, 0.05) is 30.5 Å². The first kappa shape index (κ1) is 12.6. The van der Waals surface area contributed by atoms with E-state index in [1.807, 2.05) is 6.07 Å². The molecule has 2 aliphatic carbocycles. The summed E-state index contributed by atoms with van der Waals surface area (Å²) in [7, 11) is 1.65. The van der Waals surface area contributed by atoms with Crippen LogP contribution in [0.25, 0.3) is 0 Å². The van der Waals surface area contributed by atoms with Gasteiger partial charge in [-0.3, -0.25) is 5.32 Å². The van der Waals surface area contributed by atoms with Gasteiger partial charge in [0.15, 0.2) is 0 Å². The summed E-state index contributed by atoms with van der Waals surface area (Å²) >= 11 is 0. The standard InChI is InChI=1S/C17H17N3O/c1-10-5-11-6-14-13(3-4-15(20-14)21-2)17(7-10)16(11)12(8-18)9-19-17/h3-5,11,19H,6-7,9H2,1-2H3/t11-,17-/m0/s1. The average molecular weight is 279 g/mol. The van der Waals surface area contributed by atoms with Crippen LogP contribution in [-0.2, 0) is 12.0 Å². The summed E-state index contributed by atoms with van der Waals surface area (Å²) in [5, 5.41) is 13.1. The Bertz CT molecular complexity index is 741. The van der Waals surface area contributed by atoms with Crippen molar-refractivity contribution in [1.82, 2.24) is 10.3 Å². The highest BCUT2D eigenvalue weighted by molar-refractivity contribution is 5.57. The molecule has 0 unspecified atom stereocenters. The predicted molar refractivity (Wildman–Crippen MR) is 78.7 cm³/mol. The second-order valence-corrected chi connectivity index (χ2v) is 6.11. The summed E-state index contributed by atoms with van der Waals surface area (Å²) in [6.45, 7) is 2.84. The van der Waals surface area contributed by atoms with Gasteiger partial charge in [0.25, 0.3) is 0 Å². The van der Waals surface area contributed by atoms with Gasteiger partial charge in [0.1, 0.15) is 0 Å². The number of nitrogens with one attached hydrogen (secondary N) is 1. The van der Waals surface area contributed by atoms with Crippen molar-refractivity contribution >= 4 is 0 Å². The van der Waals surface area contributed by atoms with E-state index in [0.29, 0.717) is 12.4 Å². The van der Waals surface area contributed by atoms with Crippen LogP contribution in [0.4, 0.5) is 0 Å².